The van der Waals surface area contributed by atoms with E-state index in [1.807, 2.05) is 0 Å². The molecule has 8 heteroatoms. The van der Waals surface area contributed by atoms with E-state index in [9.17, 15) is 14.4 Å². The Kier molecular flexibility index (Phi) is 9.52. The van der Waals surface area contributed by atoms with Crippen molar-refractivity contribution in [1.29, 1.82) is 0 Å². The molecule has 0 bridgehead atoms. The Morgan fingerprint density at radius 2 is 1.75 bits per heavy atom. The summed E-state index contributed by atoms with van der Waals surface area (Å²) in [6, 6.07) is -1.51. The number of hydrogen-bond acceptors (Lipinski definition) is 7. The molecule has 0 aliphatic rings. The molecule has 0 spiro atoms. The van der Waals surface area contributed by atoms with Crippen molar-refractivity contribution in [2.24, 2.45) is 17.2 Å². The van der Waals surface area contributed by atoms with Crippen molar-refractivity contribution in [2.75, 3.05) is 6.54 Å². The summed E-state index contributed by atoms with van der Waals surface area (Å²) in [5.74, 6) is -2.58. The van der Waals surface area contributed by atoms with Crippen LogP contribution in [-0.4, -0.2) is 41.6 Å². The van der Waals surface area contributed by atoms with Gasteiger partial charge in [0.2, 0.25) is 0 Å². The fourth-order valence-electron chi connectivity index (χ4n) is 1.48. The standard InChI is InChI=1S/C12H23N3O5/c13-6-2-1-3-9(15)12(19)20-11(18)7-8(14)4-5-10(16)17/h8-9H,1-7,13-15H2,(H,16,17)/t8?,9-/m0/s1. The van der Waals surface area contributed by atoms with Crippen molar-refractivity contribution in [3.63, 3.8) is 0 Å². The number of aliphatic carboxylic acids is 1. The van der Waals surface area contributed by atoms with E-state index < -0.39 is 30.0 Å². The van der Waals surface area contributed by atoms with Gasteiger partial charge in [0, 0.05) is 12.5 Å². The number of hydrogen-bond donors (Lipinski definition) is 4. The average molecular weight is 289 g/mol. The summed E-state index contributed by atoms with van der Waals surface area (Å²) in [4.78, 5) is 33.2. The number of ether oxygens (including phenoxy) is 1. The number of carboxylic acids is 1. The van der Waals surface area contributed by atoms with Crippen molar-refractivity contribution in [3.05, 3.63) is 0 Å². The molecule has 0 radical (unpaired) electrons. The topological polar surface area (TPSA) is 159 Å². The highest BCUT2D eigenvalue weighted by molar-refractivity contribution is 5.88. The third-order valence-electron chi connectivity index (χ3n) is 2.64. The van der Waals surface area contributed by atoms with Gasteiger partial charge in [0.1, 0.15) is 6.04 Å². The first-order valence-corrected chi connectivity index (χ1v) is 6.54. The third kappa shape index (κ3) is 9.42. The average Bonchev–Trinajstić information content (AvgIpc) is 2.36. The van der Waals surface area contributed by atoms with Gasteiger partial charge < -0.3 is 27.0 Å². The van der Waals surface area contributed by atoms with Crippen molar-refractivity contribution < 1.29 is 24.2 Å². The summed E-state index contributed by atoms with van der Waals surface area (Å²) in [7, 11) is 0. The lowest BCUT2D eigenvalue weighted by Crippen LogP contribution is -2.35. The predicted octanol–water partition coefficient (Wildman–Crippen LogP) is -0.905. The van der Waals surface area contributed by atoms with E-state index in [2.05, 4.69) is 4.74 Å². The first-order valence-electron chi connectivity index (χ1n) is 6.54. The fourth-order valence-corrected chi connectivity index (χ4v) is 1.48. The van der Waals surface area contributed by atoms with E-state index in [0.29, 0.717) is 19.4 Å². The van der Waals surface area contributed by atoms with E-state index in [1.54, 1.807) is 0 Å². The summed E-state index contributed by atoms with van der Waals surface area (Å²) in [6.07, 6.45) is 1.61. The van der Waals surface area contributed by atoms with E-state index in [0.717, 1.165) is 6.42 Å². The van der Waals surface area contributed by atoms with Crippen molar-refractivity contribution in [3.8, 4) is 0 Å². The van der Waals surface area contributed by atoms with Crippen LogP contribution in [0.3, 0.4) is 0 Å². The van der Waals surface area contributed by atoms with Gasteiger partial charge in [-0.15, -0.1) is 0 Å². The Morgan fingerprint density at radius 1 is 1.10 bits per heavy atom. The number of carbonyl (C=O) groups excluding carboxylic acids is 2. The Balaban J connectivity index is 3.94. The largest absolute Gasteiger partial charge is 0.481 e. The number of carboxylic acid groups (broad SMARTS) is 1. The molecule has 0 saturated carbocycles. The summed E-state index contributed by atoms with van der Waals surface area (Å²) in [5.41, 5.74) is 16.4. The highest BCUT2D eigenvalue weighted by Gasteiger charge is 2.20. The van der Waals surface area contributed by atoms with Crippen LogP contribution in [0.1, 0.15) is 38.5 Å². The second-order valence-corrected chi connectivity index (χ2v) is 4.58. The van der Waals surface area contributed by atoms with Crippen LogP contribution in [0.2, 0.25) is 0 Å². The van der Waals surface area contributed by atoms with Crippen LogP contribution in [0.4, 0.5) is 0 Å². The smallest absolute Gasteiger partial charge is 0.330 e. The molecular weight excluding hydrogens is 266 g/mol. The molecule has 0 amide bonds. The minimum absolute atomic E-state index is 0.138. The Bertz CT molecular complexity index is 335. The van der Waals surface area contributed by atoms with Gasteiger partial charge in [-0.25, -0.2) is 4.79 Å². The van der Waals surface area contributed by atoms with Gasteiger partial charge in [0.15, 0.2) is 0 Å². The maximum atomic E-state index is 11.5. The zero-order valence-electron chi connectivity index (χ0n) is 11.4. The molecule has 0 saturated heterocycles. The minimum Gasteiger partial charge on any atom is -0.481 e. The first kappa shape index (κ1) is 18.5. The van der Waals surface area contributed by atoms with E-state index in [1.165, 1.54) is 0 Å². The number of carbonyl (C=O) groups is 3. The molecule has 7 N–H and O–H groups in total. The lowest BCUT2D eigenvalue weighted by Gasteiger charge is -2.12. The molecule has 0 aliphatic carbocycles. The van der Waals surface area contributed by atoms with Crippen LogP contribution in [-0.2, 0) is 19.1 Å². The molecule has 0 aliphatic heterocycles. The fraction of sp³-hybridized carbons (Fsp3) is 0.750. The minimum atomic E-state index is -0.994. The van der Waals surface area contributed by atoms with Crippen molar-refractivity contribution >= 4 is 17.9 Å². The maximum Gasteiger partial charge on any atom is 0.330 e. The molecule has 2 atom stereocenters. The lowest BCUT2D eigenvalue weighted by molar-refractivity contribution is -0.161. The van der Waals surface area contributed by atoms with Crippen LogP contribution in [0.25, 0.3) is 0 Å². The van der Waals surface area contributed by atoms with Crippen LogP contribution in [0.15, 0.2) is 0 Å². The molecule has 0 aromatic heterocycles. The predicted molar refractivity (Wildman–Crippen MR) is 71.4 cm³/mol. The summed E-state index contributed by atoms with van der Waals surface area (Å²) in [6.45, 7) is 0.513. The summed E-state index contributed by atoms with van der Waals surface area (Å²) >= 11 is 0. The van der Waals surface area contributed by atoms with Gasteiger partial charge in [0.05, 0.1) is 6.42 Å². The second-order valence-electron chi connectivity index (χ2n) is 4.58. The van der Waals surface area contributed by atoms with Gasteiger partial charge in [-0.2, -0.15) is 0 Å². The Labute approximate surface area is 117 Å². The second kappa shape index (κ2) is 10.3. The number of rotatable bonds is 10. The number of unbranched alkanes of at least 4 members (excludes halogenated alkanes) is 1. The van der Waals surface area contributed by atoms with Crippen molar-refractivity contribution in [2.45, 2.75) is 50.6 Å². The third-order valence-corrected chi connectivity index (χ3v) is 2.64. The molecule has 0 fully saturated rings. The number of esters is 2. The quantitative estimate of drug-likeness (QED) is 0.228. The van der Waals surface area contributed by atoms with Crippen LogP contribution < -0.4 is 17.2 Å². The van der Waals surface area contributed by atoms with Gasteiger partial charge in [-0.1, -0.05) is 6.42 Å². The Hall–Kier alpha value is -1.51. The van der Waals surface area contributed by atoms with Crippen LogP contribution in [0, 0.1) is 0 Å². The number of nitrogens with two attached hydrogens (primary N) is 3. The van der Waals surface area contributed by atoms with Crippen molar-refractivity contribution in [1.82, 2.24) is 0 Å². The molecule has 116 valence electrons. The molecule has 0 aromatic rings. The zero-order valence-corrected chi connectivity index (χ0v) is 11.4. The van der Waals surface area contributed by atoms with Gasteiger partial charge >= 0.3 is 17.9 Å². The van der Waals surface area contributed by atoms with E-state index in [-0.39, 0.29) is 19.3 Å². The maximum absolute atomic E-state index is 11.5. The van der Waals surface area contributed by atoms with E-state index >= 15 is 0 Å². The zero-order chi connectivity index (χ0) is 15.5. The normalized spacial score (nSPS) is 13.6. The first-order chi connectivity index (χ1) is 9.36. The molecule has 0 aromatic carbocycles. The molecule has 1 unspecified atom stereocenters. The molecule has 8 nitrogen and oxygen atoms in total. The van der Waals surface area contributed by atoms with Gasteiger partial charge in [0.25, 0.3) is 0 Å². The van der Waals surface area contributed by atoms with Gasteiger partial charge in [-0.3, -0.25) is 9.59 Å². The molecule has 20 heavy (non-hydrogen) atoms. The summed E-state index contributed by atoms with van der Waals surface area (Å²) in [5, 5.41) is 8.47. The van der Waals surface area contributed by atoms with Crippen LogP contribution >= 0.6 is 0 Å². The molecule has 0 heterocycles. The Morgan fingerprint density at radius 3 is 2.30 bits per heavy atom. The lowest BCUT2D eigenvalue weighted by atomic mass is 10.1. The molecular formula is C12H23N3O5. The highest BCUT2D eigenvalue weighted by atomic mass is 16.6. The monoisotopic (exact) mass is 289 g/mol. The van der Waals surface area contributed by atoms with Crippen LogP contribution in [0.5, 0.6) is 0 Å². The van der Waals surface area contributed by atoms with Gasteiger partial charge in [-0.05, 0) is 25.8 Å². The van der Waals surface area contributed by atoms with E-state index in [4.69, 9.17) is 22.3 Å². The summed E-state index contributed by atoms with van der Waals surface area (Å²) < 4.78 is 4.56. The highest BCUT2D eigenvalue weighted by Crippen LogP contribution is 2.04. The SMILES string of the molecule is NCCCC[C@H](N)C(=O)OC(=O)CC(N)CCC(=O)O. The molecule has 0 rings (SSSR count).